The van der Waals surface area contributed by atoms with Crippen LogP contribution in [0.5, 0.6) is 0 Å². The fourth-order valence-corrected chi connectivity index (χ4v) is 7.38. The number of anilines is 2. The summed E-state index contributed by atoms with van der Waals surface area (Å²) in [6, 6.07) is 18.6. The molecule has 4 unspecified atom stereocenters. The molecule has 212 valence electrons. The van der Waals surface area contributed by atoms with E-state index < -0.39 is 0 Å². The molecule has 0 amide bonds. The molecule has 0 spiro atoms. The van der Waals surface area contributed by atoms with E-state index in [-0.39, 0.29) is 12.1 Å². The fourth-order valence-electron chi connectivity index (χ4n) is 6.74. The van der Waals surface area contributed by atoms with E-state index in [2.05, 4.69) is 96.8 Å². The molecule has 2 aliphatic heterocycles. The van der Waals surface area contributed by atoms with Gasteiger partial charge in [-0.1, -0.05) is 37.6 Å². The molecule has 0 aliphatic carbocycles. The maximum absolute atomic E-state index is 7.03. The first kappa shape index (κ1) is 27.7. The number of rotatable bonds is 5. The van der Waals surface area contributed by atoms with Crippen molar-refractivity contribution in [3.8, 4) is 5.82 Å². The lowest BCUT2D eigenvalue weighted by Crippen LogP contribution is -2.38. The van der Waals surface area contributed by atoms with E-state index in [0.717, 1.165) is 58.0 Å². The average molecular weight is 585 g/mol. The van der Waals surface area contributed by atoms with Crippen molar-refractivity contribution >= 4 is 40.3 Å². The topological polar surface area (TPSA) is 49.2 Å². The Balaban J connectivity index is 1.44. The number of hydrogen-bond donors (Lipinski definition) is 1. The predicted octanol–water partition coefficient (Wildman–Crippen LogP) is 7.51. The summed E-state index contributed by atoms with van der Waals surface area (Å²) in [5, 5.41) is 5.01. The van der Waals surface area contributed by atoms with Crippen LogP contribution in [0.3, 0.4) is 0 Å². The lowest BCUT2D eigenvalue weighted by Gasteiger charge is -2.37. The van der Waals surface area contributed by atoms with Crippen LogP contribution in [0, 0.1) is 32.6 Å². The molecule has 2 aliphatic rings. The number of nitrogens with zero attached hydrogens (tertiary/aromatic N) is 5. The molecular formula is C33H37ClN6S. The van der Waals surface area contributed by atoms with Gasteiger partial charge in [-0.15, -0.1) is 0 Å². The van der Waals surface area contributed by atoms with Crippen LogP contribution >= 0.6 is 23.8 Å². The zero-order chi connectivity index (χ0) is 28.8. The van der Waals surface area contributed by atoms with Crippen LogP contribution in [0.15, 0.2) is 67.0 Å². The lowest BCUT2D eigenvalue weighted by molar-refractivity contribution is 0.357. The maximum atomic E-state index is 7.03. The van der Waals surface area contributed by atoms with Crippen LogP contribution in [0.4, 0.5) is 11.4 Å². The first-order chi connectivity index (χ1) is 19.7. The summed E-state index contributed by atoms with van der Waals surface area (Å²) in [6.07, 6.45) is 5.01. The van der Waals surface area contributed by atoms with Gasteiger partial charge in [0.1, 0.15) is 5.82 Å². The van der Waals surface area contributed by atoms with Gasteiger partial charge in [0.15, 0.2) is 5.11 Å². The Morgan fingerprint density at radius 3 is 2.39 bits per heavy atom. The van der Waals surface area contributed by atoms with Crippen molar-refractivity contribution in [1.29, 1.82) is 0 Å². The van der Waals surface area contributed by atoms with E-state index in [1.54, 1.807) is 0 Å². The van der Waals surface area contributed by atoms with E-state index in [9.17, 15) is 0 Å². The fraction of sp³-hybridized carbons (Fsp3) is 0.364. The summed E-state index contributed by atoms with van der Waals surface area (Å²) in [7, 11) is 0. The highest BCUT2D eigenvalue weighted by Gasteiger charge is 2.42. The molecule has 4 atom stereocenters. The second-order valence-corrected chi connectivity index (χ2v) is 12.6. The van der Waals surface area contributed by atoms with Crippen molar-refractivity contribution in [2.75, 3.05) is 22.9 Å². The number of hydrogen-bond acceptors (Lipinski definition) is 4. The van der Waals surface area contributed by atoms with Gasteiger partial charge in [-0.25, -0.2) is 4.98 Å². The highest BCUT2D eigenvalue weighted by atomic mass is 35.5. The number of halogens is 1. The molecule has 1 aromatic carbocycles. The van der Waals surface area contributed by atoms with Gasteiger partial charge in [-0.05, 0) is 105 Å². The Morgan fingerprint density at radius 2 is 1.73 bits per heavy atom. The summed E-state index contributed by atoms with van der Waals surface area (Å²) in [4.78, 5) is 14.1. The third kappa shape index (κ3) is 5.22. The monoisotopic (exact) mass is 584 g/mol. The molecule has 41 heavy (non-hydrogen) atoms. The zero-order valence-electron chi connectivity index (χ0n) is 24.3. The van der Waals surface area contributed by atoms with Crippen LogP contribution in [0.25, 0.3) is 5.82 Å². The third-order valence-corrected chi connectivity index (χ3v) is 9.05. The van der Waals surface area contributed by atoms with Gasteiger partial charge >= 0.3 is 0 Å². The molecule has 1 N–H and O–H groups in total. The molecular weight excluding hydrogens is 548 g/mol. The molecule has 8 heteroatoms. The Morgan fingerprint density at radius 1 is 0.951 bits per heavy atom. The smallest absolute Gasteiger partial charge is 0.174 e. The number of pyridine rings is 2. The van der Waals surface area contributed by atoms with E-state index in [1.165, 1.54) is 12.0 Å². The van der Waals surface area contributed by atoms with Gasteiger partial charge in [0.2, 0.25) is 0 Å². The molecule has 6 nitrogen and oxygen atoms in total. The molecule has 2 fully saturated rings. The maximum Gasteiger partial charge on any atom is 0.174 e. The van der Waals surface area contributed by atoms with E-state index in [0.29, 0.717) is 16.9 Å². The second-order valence-electron chi connectivity index (χ2n) is 11.8. The summed E-state index contributed by atoms with van der Waals surface area (Å²) in [6.45, 7) is 13.0. The van der Waals surface area contributed by atoms with Crippen LogP contribution in [0.1, 0.15) is 60.6 Å². The number of aromatic nitrogens is 3. The van der Waals surface area contributed by atoms with E-state index in [1.807, 2.05) is 24.5 Å². The van der Waals surface area contributed by atoms with Crippen molar-refractivity contribution in [3.63, 3.8) is 0 Å². The first-order valence-electron chi connectivity index (χ1n) is 14.4. The van der Waals surface area contributed by atoms with Gasteiger partial charge in [-0.2, -0.15) is 0 Å². The third-order valence-electron chi connectivity index (χ3n) is 8.43. The lowest BCUT2D eigenvalue weighted by atomic mass is 9.91. The van der Waals surface area contributed by atoms with Gasteiger partial charge in [0.25, 0.3) is 0 Å². The Labute approximate surface area is 253 Å². The summed E-state index contributed by atoms with van der Waals surface area (Å²) >= 11 is 13.0. The van der Waals surface area contributed by atoms with Crippen LogP contribution in [-0.2, 0) is 0 Å². The zero-order valence-corrected chi connectivity index (χ0v) is 25.9. The van der Waals surface area contributed by atoms with Crippen molar-refractivity contribution in [2.45, 2.75) is 53.1 Å². The van der Waals surface area contributed by atoms with Gasteiger partial charge in [-0.3, -0.25) is 4.98 Å². The Kier molecular flexibility index (Phi) is 7.51. The quantitative estimate of drug-likeness (QED) is 0.245. The molecule has 0 saturated carbocycles. The Bertz CT molecular complexity index is 1560. The summed E-state index contributed by atoms with van der Waals surface area (Å²) in [5.41, 5.74) is 7.56. The van der Waals surface area contributed by atoms with Crippen molar-refractivity contribution in [3.05, 3.63) is 100 Å². The molecule has 0 radical (unpaired) electrons. The number of nitrogens with one attached hydrogen (secondary N) is 1. The molecule has 5 heterocycles. The van der Waals surface area contributed by atoms with Crippen molar-refractivity contribution in [2.24, 2.45) is 11.8 Å². The summed E-state index contributed by atoms with van der Waals surface area (Å²) in [5.74, 6) is 2.20. The molecule has 3 aromatic heterocycles. The standard InChI is InChI=1S/C33H37ClN6S/c1-20-9-12-30(36-17-20)39-23(4)15-26(24(39)5)32-31(28-8-6-7-13-35-28)37-33(41)40(32)25-10-11-29(27(34)16-25)38-18-21(2)14-22(3)19-38/h6-13,15-17,21-22,31-32H,14,18-19H2,1-5H3,(H,37,41). The highest BCUT2D eigenvalue weighted by molar-refractivity contribution is 7.80. The van der Waals surface area contributed by atoms with Gasteiger partial charge < -0.3 is 19.7 Å². The molecule has 4 aromatic rings. The van der Waals surface area contributed by atoms with Gasteiger partial charge in [0, 0.05) is 42.6 Å². The predicted molar refractivity (Wildman–Crippen MR) is 172 cm³/mol. The number of benzene rings is 1. The average Bonchev–Trinajstić information content (AvgIpc) is 3.44. The largest absolute Gasteiger partial charge is 0.370 e. The van der Waals surface area contributed by atoms with Crippen LogP contribution in [0.2, 0.25) is 5.02 Å². The number of thiocarbonyl (C=S) groups is 1. The normalized spacial score (nSPS) is 22.7. The van der Waals surface area contributed by atoms with E-state index in [4.69, 9.17) is 33.8 Å². The molecule has 0 bridgehead atoms. The number of piperidine rings is 1. The molecule has 2 saturated heterocycles. The minimum absolute atomic E-state index is 0.125. The first-order valence-corrected chi connectivity index (χ1v) is 15.2. The SMILES string of the molecule is Cc1ccc(-n2c(C)cc(C3C(c4ccccn4)NC(=S)N3c3ccc(N4CC(C)CC(C)C4)c(Cl)c3)c2C)nc1. The van der Waals surface area contributed by atoms with E-state index >= 15 is 0 Å². The second kappa shape index (κ2) is 11.1. The minimum atomic E-state index is -0.133. The van der Waals surface area contributed by atoms with Gasteiger partial charge in [0.05, 0.1) is 28.5 Å². The van der Waals surface area contributed by atoms with Crippen LogP contribution < -0.4 is 15.1 Å². The van der Waals surface area contributed by atoms with Crippen molar-refractivity contribution < 1.29 is 0 Å². The summed E-state index contributed by atoms with van der Waals surface area (Å²) < 4.78 is 2.22. The van der Waals surface area contributed by atoms with Crippen LogP contribution in [-0.4, -0.2) is 32.7 Å². The highest BCUT2D eigenvalue weighted by Crippen LogP contribution is 2.45. The number of aryl methyl sites for hydroxylation is 2. The Hall–Kier alpha value is -3.42. The van der Waals surface area contributed by atoms with Crippen molar-refractivity contribution in [1.82, 2.24) is 19.9 Å². The minimum Gasteiger partial charge on any atom is -0.370 e. The molecule has 6 rings (SSSR count).